The van der Waals surface area contributed by atoms with E-state index in [-0.39, 0.29) is 22.9 Å². The zero-order valence-electron chi connectivity index (χ0n) is 19.5. The van der Waals surface area contributed by atoms with E-state index in [0.29, 0.717) is 36.8 Å². The summed E-state index contributed by atoms with van der Waals surface area (Å²) in [5.74, 6) is 0.166. The summed E-state index contributed by atoms with van der Waals surface area (Å²) in [5.41, 5.74) is 1.22. The Morgan fingerprint density at radius 3 is 2.59 bits per heavy atom. The molecule has 0 aliphatic carbocycles. The molecule has 9 heteroatoms. The van der Waals surface area contributed by atoms with Crippen molar-refractivity contribution in [3.8, 4) is 0 Å². The SMILES string of the molecule is CCn1c(=O)[nH]c(=O)c2c(C(=O)N3CCC(c4nc5ccccc5s4)CC3)cc(C(C)C)nc21. The van der Waals surface area contributed by atoms with Crippen LogP contribution in [0.3, 0.4) is 0 Å². The lowest BCUT2D eigenvalue weighted by Gasteiger charge is -2.31. The van der Waals surface area contributed by atoms with Crippen molar-refractivity contribution in [2.75, 3.05) is 13.1 Å². The van der Waals surface area contributed by atoms with E-state index < -0.39 is 11.2 Å². The third kappa shape index (κ3) is 3.83. The molecule has 1 saturated heterocycles. The number of carbonyl (C=O) groups is 1. The van der Waals surface area contributed by atoms with Gasteiger partial charge in [0.1, 0.15) is 0 Å². The number of nitrogens with zero attached hydrogens (tertiary/aromatic N) is 4. The first-order valence-electron chi connectivity index (χ1n) is 11.7. The van der Waals surface area contributed by atoms with E-state index in [1.165, 1.54) is 9.27 Å². The Labute approximate surface area is 200 Å². The number of aryl methyl sites for hydroxylation is 1. The van der Waals surface area contributed by atoms with E-state index in [1.807, 2.05) is 43.9 Å². The maximum atomic E-state index is 13.7. The molecular formula is C25H27N5O3S. The van der Waals surface area contributed by atoms with Crippen LogP contribution in [-0.2, 0) is 6.54 Å². The molecule has 1 fully saturated rings. The van der Waals surface area contributed by atoms with E-state index in [4.69, 9.17) is 4.98 Å². The van der Waals surface area contributed by atoms with Crippen molar-refractivity contribution < 1.29 is 4.79 Å². The Morgan fingerprint density at radius 1 is 1.18 bits per heavy atom. The molecule has 4 heterocycles. The standard InChI is InChI=1S/C25H27N5O3S/c1-4-30-21-20(22(31)28-25(30)33)16(13-18(26-21)14(2)3)24(32)29-11-9-15(10-12-29)23-27-17-7-5-6-8-19(17)34-23/h5-8,13-15H,4,9-12H2,1-3H3,(H,28,31,33). The number of thiazole rings is 1. The van der Waals surface area contributed by atoms with Gasteiger partial charge in [0.15, 0.2) is 5.65 Å². The van der Waals surface area contributed by atoms with Gasteiger partial charge in [0, 0.05) is 31.2 Å². The first-order chi connectivity index (χ1) is 16.4. The van der Waals surface area contributed by atoms with Gasteiger partial charge >= 0.3 is 5.69 Å². The number of hydrogen-bond acceptors (Lipinski definition) is 6. The van der Waals surface area contributed by atoms with Gasteiger partial charge in [0.05, 0.1) is 26.2 Å². The number of fused-ring (bicyclic) bond motifs is 2. The van der Waals surface area contributed by atoms with Crippen LogP contribution in [0.25, 0.3) is 21.3 Å². The lowest BCUT2D eigenvalue weighted by atomic mass is 9.96. The molecular weight excluding hydrogens is 450 g/mol. The van der Waals surface area contributed by atoms with Crippen LogP contribution in [0, 0.1) is 0 Å². The molecule has 34 heavy (non-hydrogen) atoms. The van der Waals surface area contributed by atoms with Crippen molar-refractivity contribution >= 4 is 38.5 Å². The van der Waals surface area contributed by atoms with Gasteiger partial charge in [-0.3, -0.25) is 19.1 Å². The second-order valence-electron chi connectivity index (χ2n) is 9.04. The Balaban J connectivity index is 1.47. The topological polar surface area (TPSA) is 101 Å². The highest BCUT2D eigenvalue weighted by Gasteiger charge is 2.29. The van der Waals surface area contributed by atoms with E-state index >= 15 is 0 Å². The number of hydrogen-bond donors (Lipinski definition) is 1. The lowest BCUT2D eigenvalue weighted by molar-refractivity contribution is 0.0714. The van der Waals surface area contributed by atoms with Gasteiger partial charge in [-0.2, -0.15) is 0 Å². The monoisotopic (exact) mass is 477 g/mol. The highest BCUT2D eigenvalue weighted by molar-refractivity contribution is 7.18. The van der Waals surface area contributed by atoms with Crippen molar-refractivity contribution in [1.82, 2.24) is 24.4 Å². The predicted molar refractivity (Wildman–Crippen MR) is 134 cm³/mol. The summed E-state index contributed by atoms with van der Waals surface area (Å²) in [6.45, 7) is 7.30. The number of rotatable bonds is 4. The van der Waals surface area contributed by atoms with E-state index in [2.05, 4.69) is 16.0 Å². The molecule has 0 radical (unpaired) electrons. The summed E-state index contributed by atoms with van der Waals surface area (Å²) in [5, 5.41) is 1.30. The molecule has 4 aromatic rings. The summed E-state index contributed by atoms with van der Waals surface area (Å²) >= 11 is 1.72. The Morgan fingerprint density at radius 2 is 1.91 bits per heavy atom. The number of piperidine rings is 1. The third-order valence-electron chi connectivity index (χ3n) is 6.55. The quantitative estimate of drug-likeness (QED) is 0.481. The Hall–Kier alpha value is -3.33. The summed E-state index contributed by atoms with van der Waals surface area (Å²) < 4.78 is 2.60. The van der Waals surface area contributed by atoms with Crippen molar-refractivity contribution in [1.29, 1.82) is 0 Å². The van der Waals surface area contributed by atoms with Crippen LogP contribution in [0.15, 0.2) is 39.9 Å². The second-order valence-corrected chi connectivity index (χ2v) is 10.1. The van der Waals surface area contributed by atoms with Gasteiger partial charge in [0.25, 0.3) is 11.5 Å². The number of carbonyl (C=O) groups excluding carboxylic acids is 1. The fourth-order valence-corrected chi connectivity index (χ4v) is 5.75. The minimum Gasteiger partial charge on any atom is -0.339 e. The Bertz CT molecular complexity index is 1480. The average molecular weight is 478 g/mol. The van der Waals surface area contributed by atoms with Crippen molar-refractivity contribution in [3.63, 3.8) is 0 Å². The van der Waals surface area contributed by atoms with Gasteiger partial charge in [0.2, 0.25) is 0 Å². The maximum absolute atomic E-state index is 13.7. The number of benzene rings is 1. The highest BCUT2D eigenvalue weighted by Crippen LogP contribution is 2.34. The predicted octanol–water partition coefficient (Wildman–Crippen LogP) is 3.86. The summed E-state index contributed by atoms with van der Waals surface area (Å²) in [4.78, 5) is 52.4. The number of aromatic nitrogens is 4. The number of amides is 1. The minimum atomic E-state index is -0.569. The van der Waals surface area contributed by atoms with E-state index in [9.17, 15) is 14.4 Å². The maximum Gasteiger partial charge on any atom is 0.329 e. The molecule has 0 unspecified atom stereocenters. The largest absolute Gasteiger partial charge is 0.339 e. The first kappa shape index (κ1) is 22.5. The van der Waals surface area contributed by atoms with Gasteiger partial charge in [-0.1, -0.05) is 26.0 Å². The van der Waals surface area contributed by atoms with E-state index in [0.717, 1.165) is 23.4 Å². The molecule has 176 valence electrons. The van der Waals surface area contributed by atoms with Crippen LogP contribution in [0.2, 0.25) is 0 Å². The number of nitrogens with one attached hydrogen (secondary N) is 1. The van der Waals surface area contributed by atoms with Gasteiger partial charge in [-0.05, 0) is 43.9 Å². The van der Waals surface area contributed by atoms with Crippen LogP contribution >= 0.6 is 11.3 Å². The number of H-pyrrole nitrogens is 1. The Kier molecular flexibility index (Phi) is 5.81. The van der Waals surface area contributed by atoms with Gasteiger partial charge < -0.3 is 4.90 Å². The van der Waals surface area contributed by atoms with Crippen LogP contribution < -0.4 is 11.2 Å². The summed E-state index contributed by atoms with van der Waals surface area (Å²) in [6.07, 6.45) is 1.64. The number of likely N-dealkylation sites (tertiary alicyclic amines) is 1. The molecule has 0 atom stereocenters. The van der Waals surface area contributed by atoms with E-state index in [1.54, 1.807) is 17.4 Å². The van der Waals surface area contributed by atoms with Crippen LogP contribution in [0.5, 0.6) is 0 Å². The average Bonchev–Trinajstić information content (AvgIpc) is 3.27. The van der Waals surface area contributed by atoms with Crippen molar-refractivity contribution in [2.45, 2.75) is 52.0 Å². The molecule has 3 aromatic heterocycles. The fourth-order valence-electron chi connectivity index (χ4n) is 4.62. The molecule has 1 amide bonds. The van der Waals surface area contributed by atoms with Crippen LogP contribution in [0.1, 0.15) is 66.5 Å². The molecule has 1 aliphatic heterocycles. The highest BCUT2D eigenvalue weighted by atomic mass is 32.1. The summed E-state index contributed by atoms with van der Waals surface area (Å²) in [6, 6.07) is 9.85. The molecule has 0 spiro atoms. The lowest BCUT2D eigenvalue weighted by Crippen LogP contribution is -2.39. The van der Waals surface area contributed by atoms with Crippen LogP contribution in [-0.4, -0.2) is 43.4 Å². The molecule has 0 saturated carbocycles. The van der Waals surface area contributed by atoms with Crippen molar-refractivity contribution in [3.05, 3.63) is 67.4 Å². The van der Waals surface area contributed by atoms with Crippen molar-refractivity contribution in [2.24, 2.45) is 0 Å². The normalized spacial score (nSPS) is 15.0. The smallest absolute Gasteiger partial charge is 0.329 e. The molecule has 1 N–H and O–H groups in total. The number of aromatic amines is 1. The number of pyridine rings is 1. The molecule has 0 bridgehead atoms. The third-order valence-corrected chi connectivity index (χ3v) is 7.75. The molecule has 1 aromatic carbocycles. The first-order valence-corrected chi connectivity index (χ1v) is 12.5. The fraction of sp³-hybridized carbons (Fsp3) is 0.400. The van der Waals surface area contributed by atoms with Crippen LogP contribution in [0.4, 0.5) is 0 Å². The second kappa shape index (κ2) is 8.79. The summed E-state index contributed by atoms with van der Waals surface area (Å²) in [7, 11) is 0. The molecule has 8 nitrogen and oxygen atoms in total. The zero-order valence-corrected chi connectivity index (χ0v) is 20.3. The van der Waals surface area contributed by atoms with Gasteiger partial charge in [-0.15, -0.1) is 11.3 Å². The molecule has 1 aliphatic rings. The van der Waals surface area contributed by atoms with Gasteiger partial charge in [-0.25, -0.2) is 14.8 Å². The zero-order chi connectivity index (χ0) is 24.0. The minimum absolute atomic E-state index is 0.0421. The molecule has 5 rings (SSSR count). The number of para-hydroxylation sites is 1.